The van der Waals surface area contributed by atoms with E-state index in [0.717, 1.165) is 55.7 Å². The van der Waals surface area contributed by atoms with E-state index in [1.807, 2.05) is 18.2 Å². The monoisotopic (exact) mass is 643 g/mol. The number of halogens is 2. The summed E-state index contributed by atoms with van der Waals surface area (Å²) in [6.45, 7) is 4.80. The fraction of sp³-hybridized carbons (Fsp3) is 0.387. The van der Waals surface area contributed by atoms with Crippen LogP contribution in [0.4, 0.5) is 26.1 Å². The Morgan fingerprint density at radius 3 is 2.57 bits per heavy atom. The number of ether oxygens (including phenoxy) is 2. The second-order valence-corrected chi connectivity index (χ2v) is 11.6. The molecule has 3 aliphatic heterocycles. The van der Waals surface area contributed by atoms with Gasteiger partial charge in [0.15, 0.2) is 17.6 Å². The van der Waals surface area contributed by atoms with E-state index in [1.54, 1.807) is 6.07 Å². The molecule has 1 unspecified atom stereocenters. The highest BCUT2D eigenvalue weighted by Crippen LogP contribution is 2.34. The maximum absolute atomic E-state index is 15.1. The number of aromatic amines is 1. The molecule has 0 bridgehead atoms. The van der Waals surface area contributed by atoms with Gasteiger partial charge in [-0.25, -0.2) is 18.7 Å². The zero-order valence-corrected chi connectivity index (χ0v) is 25.2. The number of alkyl halides is 2. The number of hydrogen-bond acceptors (Lipinski definition) is 12. The Labute approximate surface area is 268 Å². The summed E-state index contributed by atoms with van der Waals surface area (Å²) in [5.74, 6) is -3.41. The van der Waals surface area contributed by atoms with Crippen LogP contribution in [-0.2, 0) is 4.74 Å². The summed E-state index contributed by atoms with van der Waals surface area (Å²) in [6.07, 6.45) is 0.867. The minimum atomic E-state index is -3.36. The number of H-pyrrole nitrogens is 1. The number of nitrogens with zero attached hydrogens (tertiary/aromatic N) is 9. The van der Waals surface area contributed by atoms with E-state index in [-0.39, 0.29) is 30.0 Å². The van der Waals surface area contributed by atoms with Crippen LogP contribution in [0.3, 0.4) is 0 Å². The molecule has 16 heteroatoms. The van der Waals surface area contributed by atoms with Crippen LogP contribution >= 0.6 is 0 Å². The normalized spacial score (nSPS) is 19.9. The number of aromatic nitrogens is 6. The summed E-state index contributed by atoms with van der Waals surface area (Å²) >= 11 is 0. The van der Waals surface area contributed by atoms with Crippen LogP contribution in [0.2, 0.25) is 0 Å². The Bertz CT molecular complexity index is 1760. The third kappa shape index (κ3) is 6.53. The van der Waals surface area contributed by atoms with Gasteiger partial charge in [0.2, 0.25) is 5.95 Å². The lowest BCUT2D eigenvalue weighted by Gasteiger charge is -2.43. The molecule has 1 atom stereocenters. The molecule has 0 radical (unpaired) electrons. The van der Waals surface area contributed by atoms with Crippen LogP contribution in [0.1, 0.15) is 22.5 Å². The van der Waals surface area contributed by atoms with E-state index in [2.05, 4.69) is 57.6 Å². The fourth-order valence-electron chi connectivity index (χ4n) is 5.88. The number of anilines is 3. The van der Waals surface area contributed by atoms with Gasteiger partial charge >= 0.3 is 5.92 Å². The Morgan fingerprint density at radius 1 is 1.09 bits per heavy atom. The number of hydrogen-bond donors (Lipinski definition) is 2. The highest BCUT2D eigenvalue weighted by Gasteiger charge is 2.48. The largest absolute Gasteiger partial charge is 0.483 e. The van der Waals surface area contributed by atoms with Gasteiger partial charge in [0.25, 0.3) is 5.91 Å². The number of likely N-dealkylation sites (tertiary alicyclic amines) is 1. The number of piperazine rings is 1. The fourth-order valence-corrected chi connectivity index (χ4v) is 5.88. The summed E-state index contributed by atoms with van der Waals surface area (Å²) in [7, 11) is 0. The molecule has 0 aliphatic carbocycles. The van der Waals surface area contributed by atoms with Crippen molar-refractivity contribution in [1.29, 1.82) is 5.26 Å². The Hall–Kier alpha value is -5.27. The SMILES string of the molecule is N#Cc1cc(-c2ncnc(Nc3ccc(N4CCN(C5COC5)CC4)cc3)n2)ccc1OC1CCN(C(=O)c2cn[nH]n2)CC1(F)F. The molecule has 14 nitrogen and oxygen atoms in total. The zero-order valence-electron chi connectivity index (χ0n) is 25.2. The molecule has 2 aromatic heterocycles. The van der Waals surface area contributed by atoms with E-state index in [4.69, 9.17) is 9.47 Å². The number of piperidine rings is 1. The summed E-state index contributed by atoms with van der Waals surface area (Å²) in [6, 6.07) is 15.2. The standard InChI is InChI=1S/C31H31F2N11O3/c32-31(33)18-44(29(45)25-15-37-41-40-25)8-7-27(31)47-26-6-1-20(13-21(26)14-34)28-35-19-36-30(39-28)38-22-2-4-23(5-3-22)42-9-11-43(12-10-42)24-16-46-17-24/h1-6,13,15,19,24,27H,7-12,16-18H2,(H,37,40,41)(H,35,36,38,39). The smallest absolute Gasteiger partial charge is 0.301 e. The summed E-state index contributed by atoms with van der Waals surface area (Å²) < 4.78 is 41.2. The average Bonchev–Trinajstić information content (AvgIpc) is 3.61. The highest BCUT2D eigenvalue weighted by molar-refractivity contribution is 5.92. The first kappa shape index (κ1) is 30.4. The van der Waals surface area contributed by atoms with Gasteiger partial charge in [0, 0.05) is 56.1 Å². The highest BCUT2D eigenvalue weighted by atomic mass is 19.3. The Balaban J connectivity index is 0.983. The molecule has 0 saturated carbocycles. The van der Waals surface area contributed by atoms with Crippen molar-refractivity contribution in [2.24, 2.45) is 0 Å². The molecule has 0 spiro atoms. The van der Waals surface area contributed by atoms with Crippen LogP contribution < -0.4 is 15.0 Å². The van der Waals surface area contributed by atoms with E-state index >= 15 is 8.78 Å². The van der Waals surface area contributed by atoms with E-state index < -0.39 is 24.5 Å². The van der Waals surface area contributed by atoms with Gasteiger partial charge in [-0.1, -0.05) is 0 Å². The molecule has 7 rings (SSSR count). The van der Waals surface area contributed by atoms with Crippen LogP contribution in [0.15, 0.2) is 55.0 Å². The number of carbonyl (C=O) groups is 1. The topological polar surface area (TPSA) is 161 Å². The van der Waals surface area contributed by atoms with Gasteiger partial charge < -0.3 is 24.6 Å². The molecule has 1 amide bonds. The number of rotatable bonds is 8. The summed E-state index contributed by atoms with van der Waals surface area (Å²) in [4.78, 5) is 31.3. The average molecular weight is 644 g/mol. The lowest BCUT2D eigenvalue weighted by molar-refractivity contribution is -0.132. The number of nitrogens with one attached hydrogen (secondary N) is 2. The van der Waals surface area contributed by atoms with Crippen molar-refractivity contribution in [3.63, 3.8) is 0 Å². The Morgan fingerprint density at radius 2 is 1.89 bits per heavy atom. The molecule has 47 heavy (non-hydrogen) atoms. The van der Waals surface area contributed by atoms with Gasteiger partial charge in [-0.15, -0.1) is 0 Å². The van der Waals surface area contributed by atoms with Crippen molar-refractivity contribution in [1.82, 2.24) is 40.2 Å². The predicted octanol–water partition coefficient (Wildman–Crippen LogP) is 2.72. The predicted molar refractivity (Wildman–Crippen MR) is 164 cm³/mol. The number of nitriles is 1. The van der Waals surface area contributed by atoms with Crippen LogP contribution in [-0.4, -0.2) is 117 Å². The lowest BCUT2D eigenvalue weighted by Crippen LogP contribution is -2.56. The van der Waals surface area contributed by atoms with Crippen molar-refractivity contribution < 1.29 is 23.0 Å². The quantitative estimate of drug-likeness (QED) is 0.289. The van der Waals surface area contributed by atoms with Gasteiger partial charge in [-0.2, -0.15) is 25.7 Å². The van der Waals surface area contributed by atoms with E-state index in [0.29, 0.717) is 23.4 Å². The third-order valence-electron chi connectivity index (χ3n) is 8.59. The molecule has 242 valence electrons. The van der Waals surface area contributed by atoms with Crippen molar-refractivity contribution >= 4 is 23.2 Å². The first-order chi connectivity index (χ1) is 22.9. The second-order valence-electron chi connectivity index (χ2n) is 11.6. The minimum Gasteiger partial charge on any atom is -0.483 e. The molecule has 2 N–H and O–H groups in total. The van der Waals surface area contributed by atoms with Gasteiger partial charge in [-0.3, -0.25) is 9.69 Å². The van der Waals surface area contributed by atoms with Crippen molar-refractivity contribution in [2.45, 2.75) is 24.5 Å². The molecule has 3 fully saturated rings. The molecular weight excluding hydrogens is 612 g/mol. The zero-order chi connectivity index (χ0) is 32.4. The second kappa shape index (κ2) is 12.9. The first-order valence-corrected chi connectivity index (χ1v) is 15.2. The maximum atomic E-state index is 15.1. The minimum absolute atomic E-state index is 0.00293. The molecule has 3 saturated heterocycles. The van der Waals surface area contributed by atoms with Crippen molar-refractivity contribution in [3.8, 4) is 23.2 Å². The number of benzene rings is 2. The summed E-state index contributed by atoms with van der Waals surface area (Å²) in [5.41, 5.74) is 2.43. The molecule has 5 heterocycles. The van der Waals surface area contributed by atoms with Crippen LogP contribution in [0, 0.1) is 11.3 Å². The first-order valence-electron chi connectivity index (χ1n) is 15.2. The van der Waals surface area contributed by atoms with Crippen LogP contribution in [0.25, 0.3) is 11.4 Å². The van der Waals surface area contributed by atoms with Gasteiger partial charge in [0.05, 0.1) is 37.6 Å². The number of amides is 1. The Kier molecular flexibility index (Phi) is 8.31. The van der Waals surface area contributed by atoms with Gasteiger partial charge in [-0.05, 0) is 42.5 Å². The molecule has 3 aliphatic rings. The molecule has 2 aromatic carbocycles. The summed E-state index contributed by atoms with van der Waals surface area (Å²) in [5, 5.41) is 22.5. The lowest BCUT2D eigenvalue weighted by atomic mass is 10.0. The van der Waals surface area contributed by atoms with Crippen LogP contribution in [0.5, 0.6) is 5.75 Å². The molecule has 4 aromatic rings. The van der Waals surface area contributed by atoms with E-state index in [1.165, 1.54) is 24.7 Å². The van der Waals surface area contributed by atoms with Crippen molar-refractivity contribution in [2.75, 3.05) is 62.7 Å². The third-order valence-corrected chi connectivity index (χ3v) is 8.59. The van der Waals surface area contributed by atoms with E-state index in [9.17, 15) is 10.1 Å². The molecular formula is C31H31F2N11O3. The van der Waals surface area contributed by atoms with Gasteiger partial charge in [0.1, 0.15) is 18.1 Å². The maximum Gasteiger partial charge on any atom is 0.301 e. The van der Waals surface area contributed by atoms with Crippen molar-refractivity contribution in [3.05, 3.63) is 66.2 Å². The number of carbonyl (C=O) groups excluding carboxylic acids is 1.